The van der Waals surface area contributed by atoms with Crippen LogP contribution in [-0.4, -0.2) is 29.9 Å². The van der Waals surface area contributed by atoms with Crippen LogP contribution in [-0.2, 0) is 4.79 Å². The minimum Gasteiger partial charge on any atom is -0.341 e. The molecular weight excluding hydrogens is 212 g/mol. The van der Waals surface area contributed by atoms with Crippen LogP contribution in [0.5, 0.6) is 0 Å². The van der Waals surface area contributed by atoms with Gasteiger partial charge in [-0.15, -0.1) is 0 Å². The molecule has 1 atom stereocenters. The summed E-state index contributed by atoms with van der Waals surface area (Å²) >= 11 is 0. The van der Waals surface area contributed by atoms with Crippen LogP contribution < -0.4 is 5.73 Å². The molecule has 0 radical (unpaired) electrons. The third-order valence-corrected chi connectivity index (χ3v) is 3.69. The van der Waals surface area contributed by atoms with E-state index >= 15 is 0 Å². The van der Waals surface area contributed by atoms with Crippen LogP contribution >= 0.6 is 0 Å². The molecule has 3 heteroatoms. The number of carbonyl (C=O) groups is 1. The Morgan fingerprint density at radius 3 is 2.53 bits per heavy atom. The topological polar surface area (TPSA) is 46.3 Å². The van der Waals surface area contributed by atoms with Gasteiger partial charge in [-0.05, 0) is 37.0 Å². The lowest BCUT2D eigenvalue weighted by atomic mass is 9.85. The number of nitrogens with zero attached hydrogens (tertiary/aromatic N) is 1. The average molecular weight is 240 g/mol. The average Bonchev–Trinajstić information content (AvgIpc) is 2.37. The first-order chi connectivity index (χ1) is 7.82. The smallest absolute Gasteiger partial charge is 0.239 e. The lowest BCUT2D eigenvalue weighted by Gasteiger charge is -2.26. The van der Waals surface area contributed by atoms with Crippen LogP contribution in [0.3, 0.4) is 0 Å². The summed E-state index contributed by atoms with van der Waals surface area (Å²) in [6.07, 6.45) is 4.19. The van der Waals surface area contributed by atoms with Crippen molar-refractivity contribution in [2.75, 3.05) is 13.1 Å². The number of amides is 1. The summed E-state index contributed by atoms with van der Waals surface area (Å²) in [6, 6.07) is -0.309. The number of hydrogen-bond donors (Lipinski definition) is 1. The molecule has 0 aromatic rings. The Morgan fingerprint density at radius 2 is 1.94 bits per heavy atom. The van der Waals surface area contributed by atoms with Gasteiger partial charge in [0, 0.05) is 13.1 Å². The first-order valence-electron chi connectivity index (χ1n) is 6.86. The van der Waals surface area contributed by atoms with Gasteiger partial charge < -0.3 is 10.6 Å². The summed E-state index contributed by atoms with van der Waals surface area (Å²) in [6.45, 7) is 10.5. The fraction of sp³-hybridized carbons (Fsp3) is 0.929. The van der Waals surface area contributed by atoms with Gasteiger partial charge in [-0.1, -0.05) is 27.7 Å². The van der Waals surface area contributed by atoms with E-state index in [-0.39, 0.29) is 11.9 Å². The Balaban J connectivity index is 2.52. The van der Waals surface area contributed by atoms with Crippen molar-refractivity contribution in [3.8, 4) is 0 Å². The normalized spacial score (nSPS) is 22.4. The van der Waals surface area contributed by atoms with Gasteiger partial charge in [0.2, 0.25) is 5.91 Å². The lowest BCUT2D eigenvalue weighted by molar-refractivity contribution is -0.133. The van der Waals surface area contributed by atoms with Crippen molar-refractivity contribution in [2.24, 2.45) is 17.1 Å². The van der Waals surface area contributed by atoms with Gasteiger partial charge in [-0.2, -0.15) is 0 Å². The highest BCUT2D eigenvalue weighted by atomic mass is 16.2. The fourth-order valence-corrected chi connectivity index (χ4v) is 2.49. The molecule has 1 aliphatic rings. The summed E-state index contributed by atoms with van der Waals surface area (Å²) in [5.74, 6) is 0.633. The largest absolute Gasteiger partial charge is 0.341 e. The number of carbonyl (C=O) groups excluding carboxylic acids is 1. The maximum atomic E-state index is 12.2. The van der Waals surface area contributed by atoms with Crippen molar-refractivity contribution in [3.63, 3.8) is 0 Å². The third kappa shape index (κ3) is 4.66. The minimum absolute atomic E-state index is 0.149. The van der Waals surface area contributed by atoms with Crippen molar-refractivity contribution in [1.82, 2.24) is 4.90 Å². The number of hydrogen-bond acceptors (Lipinski definition) is 2. The molecule has 0 bridgehead atoms. The van der Waals surface area contributed by atoms with E-state index in [0.717, 1.165) is 32.4 Å². The van der Waals surface area contributed by atoms with Gasteiger partial charge in [0.15, 0.2) is 0 Å². The van der Waals surface area contributed by atoms with E-state index in [9.17, 15) is 4.79 Å². The monoisotopic (exact) mass is 240 g/mol. The minimum atomic E-state index is -0.309. The fourth-order valence-electron chi connectivity index (χ4n) is 2.49. The molecule has 1 rings (SSSR count). The van der Waals surface area contributed by atoms with Gasteiger partial charge in [0.25, 0.3) is 0 Å². The van der Waals surface area contributed by atoms with Crippen LogP contribution in [0.2, 0.25) is 0 Å². The van der Waals surface area contributed by atoms with Crippen molar-refractivity contribution in [2.45, 2.75) is 59.4 Å². The molecule has 3 nitrogen and oxygen atoms in total. The molecule has 1 heterocycles. The third-order valence-electron chi connectivity index (χ3n) is 3.69. The zero-order chi connectivity index (χ0) is 13.1. The Bertz CT molecular complexity index is 261. The Hall–Kier alpha value is -0.570. The maximum Gasteiger partial charge on any atom is 0.239 e. The Morgan fingerprint density at radius 1 is 1.29 bits per heavy atom. The molecule has 1 saturated heterocycles. The van der Waals surface area contributed by atoms with Crippen molar-refractivity contribution < 1.29 is 4.79 Å². The summed E-state index contributed by atoms with van der Waals surface area (Å²) < 4.78 is 0. The molecule has 1 fully saturated rings. The van der Waals surface area contributed by atoms with Crippen molar-refractivity contribution in [1.29, 1.82) is 0 Å². The van der Waals surface area contributed by atoms with Gasteiger partial charge in [-0.25, -0.2) is 0 Å². The number of nitrogens with two attached hydrogens (primary N) is 1. The first-order valence-corrected chi connectivity index (χ1v) is 6.86. The van der Waals surface area contributed by atoms with E-state index in [1.807, 2.05) is 4.90 Å². The van der Waals surface area contributed by atoms with E-state index in [2.05, 4.69) is 27.7 Å². The molecule has 1 unspecified atom stereocenters. The molecule has 0 aromatic carbocycles. The molecular formula is C14H28N2O. The summed E-state index contributed by atoms with van der Waals surface area (Å²) in [5.41, 5.74) is 6.35. The molecule has 1 amide bonds. The van der Waals surface area contributed by atoms with Crippen molar-refractivity contribution in [3.05, 3.63) is 0 Å². The Kier molecular flexibility index (Phi) is 4.99. The second-order valence-electron chi connectivity index (χ2n) is 6.58. The molecule has 0 aromatic heterocycles. The number of likely N-dealkylation sites (tertiary alicyclic amines) is 1. The van der Waals surface area contributed by atoms with Crippen LogP contribution in [0.1, 0.15) is 53.4 Å². The molecule has 0 saturated carbocycles. The Labute approximate surface area is 106 Å². The standard InChI is InChI=1S/C14H28N2O/c1-11(2)10-12(15)13(17)16-8-5-6-14(3,4)7-9-16/h11-12H,5-10,15H2,1-4H3. The van der Waals surface area contributed by atoms with E-state index in [4.69, 9.17) is 5.73 Å². The van der Waals surface area contributed by atoms with E-state index in [0.29, 0.717) is 11.3 Å². The first kappa shape index (κ1) is 14.5. The van der Waals surface area contributed by atoms with E-state index in [1.165, 1.54) is 6.42 Å². The van der Waals surface area contributed by atoms with Crippen LogP contribution in [0, 0.1) is 11.3 Å². The van der Waals surface area contributed by atoms with Gasteiger partial charge in [-0.3, -0.25) is 4.79 Å². The molecule has 0 spiro atoms. The number of rotatable bonds is 3. The summed E-state index contributed by atoms with van der Waals surface area (Å²) in [7, 11) is 0. The molecule has 100 valence electrons. The maximum absolute atomic E-state index is 12.2. The molecule has 2 N–H and O–H groups in total. The molecule has 17 heavy (non-hydrogen) atoms. The van der Waals surface area contributed by atoms with E-state index in [1.54, 1.807) is 0 Å². The lowest BCUT2D eigenvalue weighted by Crippen LogP contribution is -2.44. The molecule has 1 aliphatic heterocycles. The summed E-state index contributed by atoms with van der Waals surface area (Å²) in [4.78, 5) is 14.2. The summed E-state index contributed by atoms with van der Waals surface area (Å²) in [5, 5.41) is 0. The highest BCUT2D eigenvalue weighted by Gasteiger charge is 2.27. The van der Waals surface area contributed by atoms with Crippen molar-refractivity contribution >= 4 is 5.91 Å². The van der Waals surface area contributed by atoms with Crippen LogP contribution in [0.15, 0.2) is 0 Å². The van der Waals surface area contributed by atoms with E-state index < -0.39 is 0 Å². The predicted molar refractivity (Wildman–Crippen MR) is 71.6 cm³/mol. The zero-order valence-electron chi connectivity index (χ0n) is 11.8. The zero-order valence-corrected chi connectivity index (χ0v) is 11.8. The molecule has 0 aliphatic carbocycles. The van der Waals surface area contributed by atoms with Gasteiger partial charge in [0.05, 0.1) is 6.04 Å². The quantitative estimate of drug-likeness (QED) is 0.823. The highest BCUT2D eigenvalue weighted by molar-refractivity contribution is 5.81. The second kappa shape index (κ2) is 5.85. The van der Waals surface area contributed by atoms with Gasteiger partial charge >= 0.3 is 0 Å². The van der Waals surface area contributed by atoms with Crippen LogP contribution in [0.4, 0.5) is 0 Å². The highest BCUT2D eigenvalue weighted by Crippen LogP contribution is 2.29. The SMILES string of the molecule is CC(C)CC(N)C(=O)N1CCCC(C)(C)CC1. The second-order valence-corrected chi connectivity index (χ2v) is 6.58. The van der Waals surface area contributed by atoms with Crippen LogP contribution in [0.25, 0.3) is 0 Å². The van der Waals surface area contributed by atoms with Gasteiger partial charge in [0.1, 0.15) is 0 Å². The predicted octanol–water partition coefficient (Wildman–Crippen LogP) is 2.40.